The zero-order valence-corrected chi connectivity index (χ0v) is 11.7. The number of carbonyl (C=O) groups excluding carboxylic acids is 1. The van der Waals surface area contributed by atoms with Crippen LogP contribution in [0.15, 0.2) is 24.3 Å². The molecule has 1 aliphatic rings. The highest BCUT2D eigenvalue weighted by Crippen LogP contribution is 2.16. The molecule has 5 nitrogen and oxygen atoms in total. The fourth-order valence-corrected chi connectivity index (χ4v) is 2.10. The second-order valence-electron chi connectivity index (χ2n) is 4.78. The molecule has 0 bridgehead atoms. The number of alkyl halides is 2. The molecular weight excluding hydrogens is 282 g/mol. The Morgan fingerprint density at radius 3 is 2.76 bits per heavy atom. The maximum Gasteiger partial charge on any atom is 0.387 e. The Labute approximate surface area is 121 Å². The van der Waals surface area contributed by atoms with Gasteiger partial charge < -0.3 is 19.7 Å². The number of morpholine rings is 1. The van der Waals surface area contributed by atoms with Gasteiger partial charge in [0.1, 0.15) is 11.9 Å². The molecule has 1 fully saturated rings. The van der Waals surface area contributed by atoms with Crippen LogP contribution in [0.4, 0.5) is 8.78 Å². The van der Waals surface area contributed by atoms with E-state index >= 15 is 0 Å². The lowest BCUT2D eigenvalue weighted by Crippen LogP contribution is -2.48. The van der Waals surface area contributed by atoms with Crippen molar-refractivity contribution in [1.82, 2.24) is 10.2 Å². The van der Waals surface area contributed by atoms with Crippen molar-refractivity contribution in [3.8, 4) is 5.75 Å². The number of nitrogens with one attached hydrogen (secondary N) is 1. The predicted octanol–water partition coefficient (Wildman–Crippen LogP) is 1.23. The van der Waals surface area contributed by atoms with Gasteiger partial charge in [-0.05, 0) is 17.7 Å². The van der Waals surface area contributed by atoms with E-state index in [1.807, 2.05) is 0 Å². The van der Waals surface area contributed by atoms with Crippen LogP contribution in [0.5, 0.6) is 5.75 Å². The number of carbonyl (C=O) groups is 1. The SMILES string of the molecule is CN(Cc1ccc(OC(F)F)cc1)C(=O)C1CNCCO1. The highest BCUT2D eigenvalue weighted by Gasteiger charge is 2.24. The maximum absolute atomic E-state index is 12.2. The minimum absolute atomic E-state index is 0.0996. The highest BCUT2D eigenvalue weighted by molar-refractivity contribution is 5.81. The monoisotopic (exact) mass is 300 g/mol. The van der Waals surface area contributed by atoms with Gasteiger partial charge in [-0.1, -0.05) is 12.1 Å². The van der Waals surface area contributed by atoms with Gasteiger partial charge in [0, 0.05) is 26.7 Å². The van der Waals surface area contributed by atoms with Crippen molar-refractivity contribution >= 4 is 5.91 Å². The van der Waals surface area contributed by atoms with E-state index in [1.54, 1.807) is 24.1 Å². The number of hydrogen-bond acceptors (Lipinski definition) is 4. The van der Waals surface area contributed by atoms with Crippen LogP contribution in [0.2, 0.25) is 0 Å². The molecule has 1 N–H and O–H groups in total. The van der Waals surface area contributed by atoms with Crippen LogP contribution in [-0.2, 0) is 16.1 Å². The number of nitrogens with zero attached hydrogens (tertiary/aromatic N) is 1. The summed E-state index contributed by atoms with van der Waals surface area (Å²) >= 11 is 0. The Bertz CT molecular complexity index is 462. The van der Waals surface area contributed by atoms with Gasteiger partial charge in [-0.15, -0.1) is 0 Å². The number of halogens is 2. The summed E-state index contributed by atoms with van der Waals surface area (Å²) in [5.41, 5.74) is 0.830. The molecule has 0 aliphatic carbocycles. The first-order valence-electron chi connectivity index (χ1n) is 6.67. The number of likely N-dealkylation sites (N-methyl/N-ethyl adjacent to an activating group) is 1. The Kier molecular flexibility index (Phi) is 5.46. The molecule has 1 amide bonds. The van der Waals surface area contributed by atoms with E-state index in [1.165, 1.54) is 12.1 Å². The average Bonchev–Trinajstić information content (AvgIpc) is 2.49. The lowest BCUT2D eigenvalue weighted by Gasteiger charge is -2.27. The molecular formula is C14H18F2N2O3. The molecule has 2 rings (SSSR count). The smallest absolute Gasteiger partial charge is 0.387 e. The van der Waals surface area contributed by atoms with Crippen molar-refractivity contribution in [3.63, 3.8) is 0 Å². The summed E-state index contributed by atoms with van der Waals surface area (Å²) in [5.74, 6) is -0.00218. The summed E-state index contributed by atoms with van der Waals surface area (Å²) in [7, 11) is 1.68. The average molecular weight is 300 g/mol. The quantitative estimate of drug-likeness (QED) is 0.889. The van der Waals surface area contributed by atoms with Gasteiger partial charge in [-0.25, -0.2) is 0 Å². The molecule has 0 aromatic heterocycles. The van der Waals surface area contributed by atoms with Gasteiger partial charge in [-0.3, -0.25) is 4.79 Å². The van der Waals surface area contributed by atoms with Crippen LogP contribution in [-0.4, -0.2) is 50.3 Å². The summed E-state index contributed by atoms with van der Waals surface area (Å²) in [5, 5.41) is 3.10. The first-order chi connectivity index (χ1) is 10.1. The van der Waals surface area contributed by atoms with Gasteiger partial charge >= 0.3 is 6.61 Å². The molecule has 116 valence electrons. The molecule has 1 atom stereocenters. The Hall–Kier alpha value is -1.73. The van der Waals surface area contributed by atoms with Gasteiger partial charge in [0.25, 0.3) is 5.91 Å². The summed E-state index contributed by atoms with van der Waals surface area (Å²) in [4.78, 5) is 13.7. The van der Waals surface area contributed by atoms with E-state index in [2.05, 4.69) is 10.1 Å². The number of amides is 1. The zero-order chi connectivity index (χ0) is 15.2. The van der Waals surface area contributed by atoms with Crippen molar-refractivity contribution in [1.29, 1.82) is 0 Å². The second-order valence-corrected chi connectivity index (χ2v) is 4.78. The van der Waals surface area contributed by atoms with Crippen LogP contribution in [0.3, 0.4) is 0 Å². The predicted molar refractivity (Wildman–Crippen MR) is 72.2 cm³/mol. The van der Waals surface area contributed by atoms with Crippen molar-refractivity contribution < 1.29 is 23.0 Å². The molecule has 0 saturated carbocycles. The maximum atomic E-state index is 12.2. The molecule has 1 aromatic carbocycles. The van der Waals surface area contributed by atoms with Crippen LogP contribution in [0, 0.1) is 0 Å². The molecule has 1 aromatic rings. The van der Waals surface area contributed by atoms with Crippen molar-refractivity contribution in [2.75, 3.05) is 26.7 Å². The van der Waals surface area contributed by atoms with Gasteiger partial charge in [0.15, 0.2) is 0 Å². The van der Waals surface area contributed by atoms with Crippen LogP contribution < -0.4 is 10.1 Å². The van der Waals surface area contributed by atoms with E-state index in [0.717, 1.165) is 12.1 Å². The summed E-state index contributed by atoms with van der Waals surface area (Å²) in [6, 6.07) is 6.22. The van der Waals surface area contributed by atoms with Crippen LogP contribution in [0.25, 0.3) is 0 Å². The minimum Gasteiger partial charge on any atom is -0.435 e. The lowest BCUT2D eigenvalue weighted by molar-refractivity contribution is -0.144. The summed E-state index contributed by atoms with van der Waals surface area (Å²) in [6.45, 7) is -0.683. The zero-order valence-electron chi connectivity index (χ0n) is 11.7. The second kappa shape index (κ2) is 7.33. The Balaban J connectivity index is 1.89. The third-order valence-corrected chi connectivity index (χ3v) is 3.15. The van der Waals surface area contributed by atoms with Crippen LogP contribution in [0.1, 0.15) is 5.56 Å². The number of hydrogen-bond donors (Lipinski definition) is 1. The Morgan fingerprint density at radius 2 is 2.19 bits per heavy atom. The van der Waals surface area contributed by atoms with E-state index in [4.69, 9.17) is 4.74 Å². The lowest BCUT2D eigenvalue weighted by atomic mass is 10.2. The first-order valence-corrected chi connectivity index (χ1v) is 6.67. The molecule has 0 radical (unpaired) electrons. The fourth-order valence-electron chi connectivity index (χ4n) is 2.10. The van der Waals surface area contributed by atoms with E-state index in [0.29, 0.717) is 19.7 Å². The van der Waals surface area contributed by atoms with Crippen molar-refractivity contribution in [2.45, 2.75) is 19.3 Å². The topological polar surface area (TPSA) is 50.8 Å². The molecule has 21 heavy (non-hydrogen) atoms. The molecule has 7 heteroatoms. The summed E-state index contributed by atoms with van der Waals surface area (Å²) in [6.07, 6.45) is -0.467. The number of benzene rings is 1. The first kappa shape index (κ1) is 15.7. The van der Waals surface area contributed by atoms with E-state index in [9.17, 15) is 13.6 Å². The number of ether oxygens (including phenoxy) is 2. The molecule has 1 heterocycles. The molecule has 0 spiro atoms. The molecule has 1 aliphatic heterocycles. The van der Waals surface area contributed by atoms with Gasteiger partial charge in [-0.2, -0.15) is 8.78 Å². The number of rotatable bonds is 5. The van der Waals surface area contributed by atoms with Crippen molar-refractivity contribution in [3.05, 3.63) is 29.8 Å². The molecule has 1 saturated heterocycles. The highest BCUT2D eigenvalue weighted by atomic mass is 19.3. The normalized spacial score (nSPS) is 18.6. The van der Waals surface area contributed by atoms with Gasteiger partial charge in [0.2, 0.25) is 0 Å². The van der Waals surface area contributed by atoms with E-state index in [-0.39, 0.29) is 11.7 Å². The largest absolute Gasteiger partial charge is 0.435 e. The van der Waals surface area contributed by atoms with Gasteiger partial charge in [0.05, 0.1) is 6.61 Å². The third-order valence-electron chi connectivity index (χ3n) is 3.15. The Morgan fingerprint density at radius 1 is 1.48 bits per heavy atom. The fraction of sp³-hybridized carbons (Fsp3) is 0.500. The molecule has 1 unspecified atom stereocenters. The van der Waals surface area contributed by atoms with Crippen LogP contribution >= 0.6 is 0 Å². The summed E-state index contributed by atoms with van der Waals surface area (Å²) < 4.78 is 33.8. The minimum atomic E-state index is -2.84. The van der Waals surface area contributed by atoms with Crippen molar-refractivity contribution in [2.24, 2.45) is 0 Å². The standard InChI is InChI=1S/C14H18F2N2O3/c1-18(13(19)12-8-17-6-7-20-12)9-10-2-4-11(5-3-10)21-14(15)16/h2-5,12,14,17H,6-9H2,1H3. The third kappa shape index (κ3) is 4.64. The van der Waals surface area contributed by atoms with E-state index < -0.39 is 12.7 Å².